The quantitative estimate of drug-likeness (QED) is 0.421. The van der Waals surface area contributed by atoms with Gasteiger partial charge in [0.25, 0.3) is 11.9 Å². The van der Waals surface area contributed by atoms with Crippen molar-refractivity contribution in [1.82, 2.24) is 19.9 Å². The molecule has 7 nitrogen and oxygen atoms in total. The Balaban J connectivity index is 1.26. The number of aryl methyl sites for hydroxylation is 2. The number of carbonyl (C=O) groups excluding carboxylic acids is 1. The smallest absolute Gasteiger partial charge is 0.298 e. The van der Waals surface area contributed by atoms with E-state index in [0.717, 1.165) is 36.2 Å². The van der Waals surface area contributed by atoms with Crippen LogP contribution in [-0.2, 0) is 0 Å². The lowest BCUT2D eigenvalue weighted by Gasteiger charge is -2.52. The van der Waals surface area contributed by atoms with Gasteiger partial charge >= 0.3 is 0 Å². The highest BCUT2D eigenvalue weighted by Gasteiger charge is 2.46. The number of benzene rings is 2. The Hall–Kier alpha value is -3.45. The molecule has 1 amide bonds. The van der Waals surface area contributed by atoms with Gasteiger partial charge in [-0.1, -0.05) is 41.4 Å². The molecule has 2 saturated heterocycles. The van der Waals surface area contributed by atoms with Gasteiger partial charge in [-0.3, -0.25) is 4.79 Å². The molecule has 0 radical (unpaired) electrons. The highest BCUT2D eigenvalue weighted by molar-refractivity contribution is 6.31. The largest absolute Gasteiger partial charge is 0.423 e. The molecule has 34 heavy (non-hydrogen) atoms. The fourth-order valence-corrected chi connectivity index (χ4v) is 5.11. The van der Waals surface area contributed by atoms with Crippen LogP contribution in [0.25, 0.3) is 22.4 Å². The average molecular weight is 474 g/mol. The summed E-state index contributed by atoms with van der Waals surface area (Å²) in [4.78, 5) is 31.3. The zero-order chi connectivity index (χ0) is 23.4. The third-order valence-corrected chi connectivity index (χ3v) is 7.12. The second-order valence-electron chi connectivity index (χ2n) is 9.17. The highest BCUT2D eigenvalue weighted by atomic mass is 35.5. The number of halogens is 1. The minimum atomic E-state index is -0.0368. The summed E-state index contributed by atoms with van der Waals surface area (Å²) < 4.78 is 5.99. The number of rotatable bonds is 3. The number of amides is 1. The number of anilines is 1. The highest BCUT2D eigenvalue weighted by Crippen LogP contribution is 2.38. The van der Waals surface area contributed by atoms with Crippen molar-refractivity contribution < 1.29 is 9.21 Å². The van der Waals surface area contributed by atoms with E-state index in [1.807, 2.05) is 55.1 Å². The summed E-state index contributed by atoms with van der Waals surface area (Å²) in [5.41, 5.74) is 4.76. The van der Waals surface area contributed by atoms with Crippen LogP contribution in [-0.4, -0.2) is 51.4 Å². The standard InChI is InChI=1S/C26H24ClN5O2/c1-15-3-5-17(6-4-15)24-20(12-28-16(2)29-24)25(33)31-10-9-18-13-32(22(18)14-31)26-30-21-11-19(27)7-8-23(21)34-26/h3-8,11-12,18,22H,9-10,13-14H2,1-2H3/t18-,22-/m0/s1. The molecule has 2 atom stereocenters. The Kier molecular flexibility index (Phi) is 5.03. The Labute approximate surface area is 202 Å². The third-order valence-electron chi connectivity index (χ3n) is 6.89. The first-order valence-corrected chi connectivity index (χ1v) is 11.9. The van der Waals surface area contributed by atoms with Gasteiger partial charge < -0.3 is 14.2 Å². The number of fused-ring (bicyclic) bond motifs is 2. The van der Waals surface area contributed by atoms with Crippen LogP contribution in [0.3, 0.4) is 0 Å². The number of hydrogen-bond donors (Lipinski definition) is 0. The Morgan fingerprint density at radius 3 is 2.74 bits per heavy atom. The molecule has 0 unspecified atom stereocenters. The summed E-state index contributed by atoms with van der Waals surface area (Å²) in [7, 11) is 0. The molecule has 172 valence electrons. The zero-order valence-electron chi connectivity index (χ0n) is 19.0. The molecule has 6 rings (SSSR count). The lowest BCUT2D eigenvalue weighted by Crippen LogP contribution is -2.65. The maximum Gasteiger partial charge on any atom is 0.298 e. The minimum Gasteiger partial charge on any atom is -0.423 e. The van der Waals surface area contributed by atoms with Crippen LogP contribution >= 0.6 is 11.6 Å². The summed E-state index contributed by atoms with van der Waals surface area (Å²) in [5.74, 6) is 1.13. The summed E-state index contributed by atoms with van der Waals surface area (Å²) >= 11 is 6.10. The van der Waals surface area contributed by atoms with E-state index in [-0.39, 0.29) is 11.9 Å². The number of likely N-dealkylation sites (tertiary alicyclic amines) is 1. The predicted molar refractivity (Wildman–Crippen MR) is 131 cm³/mol. The van der Waals surface area contributed by atoms with Crippen molar-refractivity contribution in [3.63, 3.8) is 0 Å². The second-order valence-corrected chi connectivity index (χ2v) is 9.61. The van der Waals surface area contributed by atoms with E-state index in [1.165, 1.54) is 0 Å². The Bertz CT molecular complexity index is 1400. The first-order valence-electron chi connectivity index (χ1n) is 11.5. The average Bonchev–Trinajstić information content (AvgIpc) is 3.22. The number of nitrogens with zero attached hydrogens (tertiary/aromatic N) is 5. The van der Waals surface area contributed by atoms with E-state index in [1.54, 1.807) is 12.3 Å². The summed E-state index contributed by atoms with van der Waals surface area (Å²) in [6, 6.07) is 14.3. The molecular formula is C26H24ClN5O2. The van der Waals surface area contributed by atoms with Gasteiger partial charge in [0.15, 0.2) is 5.58 Å². The van der Waals surface area contributed by atoms with Gasteiger partial charge in [-0.15, -0.1) is 0 Å². The molecule has 0 aliphatic carbocycles. The molecule has 2 aliphatic heterocycles. The summed E-state index contributed by atoms with van der Waals surface area (Å²) in [5, 5.41) is 0.632. The fourth-order valence-electron chi connectivity index (χ4n) is 4.94. The first kappa shape index (κ1) is 21.1. The maximum absolute atomic E-state index is 13.6. The van der Waals surface area contributed by atoms with Crippen LogP contribution in [0.2, 0.25) is 5.02 Å². The molecule has 4 heterocycles. The van der Waals surface area contributed by atoms with Crippen LogP contribution in [0, 0.1) is 19.8 Å². The number of hydrogen-bond acceptors (Lipinski definition) is 6. The van der Waals surface area contributed by atoms with Gasteiger partial charge in [-0.2, -0.15) is 4.98 Å². The number of oxazole rings is 1. The molecule has 2 aromatic carbocycles. The van der Waals surface area contributed by atoms with E-state index in [4.69, 9.17) is 16.0 Å². The maximum atomic E-state index is 13.6. The lowest BCUT2D eigenvalue weighted by molar-refractivity contribution is 0.0583. The monoisotopic (exact) mass is 473 g/mol. The van der Waals surface area contributed by atoms with Crippen LogP contribution in [0.1, 0.15) is 28.2 Å². The van der Waals surface area contributed by atoms with Crippen molar-refractivity contribution in [3.05, 3.63) is 70.6 Å². The van der Waals surface area contributed by atoms with Crippen LogP contribution in [0.15, 0.2) is 53.1 Å². The van der Waals surface area contributed by atoms with Crippen molar-refractivity contribution in [3.8, 4) is 11.3 Å². The first-order chi connectivity index (χ1) is 16.5. The van der Waals surface area contributed by atoms with E-state index in [9.17, 15) is 4.79 Å². The van der Waals surface area contributed by atoms with Gasteiger partial charge in [0.1, 0.15) is 11.3 Å². The van der Waals surface area contributed by atoms with Crippen molar-refractivity contribution in [2.45, 2.75) is 26.3 Å². The van der Waals surface area contributed by atoms with Gasteiger partial charge in [0, 0.05) is 42.3 Å². The van der Waals surface area contributed by atoms with Gasteiger partial charge in [-0.25, -0.2) is 9.97 Å². The molecular weight excluding hydrogens is 450 g/mol. The lowest BCUT2D eigenvalue weighted by atomic mass is 9.82. The molecule has 0 saturated carbocycles. The second kappa shape index (κ2) is 8.09. The number of aromatic nitrogens is 3. The minimum absolute atomic E-state index is 0.0368. The van der Waals surface area contributed by atoms with Gasteiger partial charge in [-0.05, 0) is 38.5 Å². The summed E-state index contributed by atoms with van der Waals surface area (Å²) in [6.07, 6.45) is 2.61. The van der Waals surface area contributed by atoms with Crippen molar-refractivity contribution >= 4 is 34.6 Å². The Morgan fingerprint density at radius 2 is 1.91 bits per heavy atom. The fraction of sp³-hybridized carbons (Fsp3) is 0.308. The topological polar surface area (TPSA) is 75.4 Å². The summed E-state index contributed by atoms with van der Waals surface area (Å²) in [6.45, 7) is 6.11. The molecule has 8 heteroatoms. The third kappa shape index (κ3) is 3.60. The molecule has 2 aliphatic rings. The van der Waals surface area contributed by atoms with Crippen molar-refractivity contribution in [2.24, 2.45) is 5.92 Å². The van der Waals surface area contributed by atoms with E-state index in [0.29, 0.717) is 46.2 Å². The van der Waals surface area contributed by atoms with Gasteiger partial charge in [0.2, 0.25) is 0 Å². The van der Waals surface area contributed by atoms with E-state index >= 15 is 0 Å². The number of carbonyl (C=O) groups is 1. The van der Waals surface area contributed by atoms with Gasteiger partial charge in [0.05, 0.1) is 17.3 Å². The van der Waals surface area contributed by atoms with E-state index < -0.39 is 0 Å². The van der Waals surface area contributed by atoms with E-state index in [2.05, 4.69) is 19.9 Å². The number of piperidine rings is 1. The molecule has 0 bridgehead atoms. The van der Waals surface area contributed by atoms with Crippen molar-refractivity contribution in [2.75, 3.05) is 24.5 Å². The normalized spacial score (nSPS) is 19.7. The Morgan fingerprint density at radius 1 is 1.09 bits per heavy atom. The molecule has 0 N–H and O–H groups in total. The molecule has 2 fully saturated rings. The zero-order valence-corrected chi connectivity index (χ0v) is 19.8. The predicted octanol–water partition coefficient (Wildman–Crippen LogP) is 4.91. The molecule has 0 spiro atoms. The van der Waals surface area contributed by atoms with Crippen molar-refractivity contribution in [1.29, 1.82) is 0 Å². The SMILES string of the molecule is Cc1ccc(-c2nc(C)ncc2C(=O)N2CC[C@H]3CN(c4nc5cc(Cl)ccc5o4)[C@H]3C2)cc1. The van der Waals surface area contributed by atoms with Crippen LogP contribution < -0.4 is 4.90 Å². The van der Waals surface area contributed by atoms with Crippen LogP contribution in [0.5, 0.6) is 0 Å². The van der Waals surface area contributed by atoms with Crippen LogP contribution in [0.4, 0.5) is 6.01 Å². The molecule has 2 aromatic heterocycles. The molecule has 4 aromatic rings.